The molecule has 0 atom stereocenters. The standard InChI is InChI=1S/C23H16F2N4O3S/c1-33(31,32)29-17-7-4-15-10-21(27-19(15)11-17)23(30)28-20-9-13(12-26)8-18(22(20)25)14-2-5-16(24)6-3-14/h2-11,27,29H,1H3,(H,28,30). The molecule has 0 unspecified atom stereocenters. The van der Waals surface area contributed by atoms with E-state index in [1.54, 1.807) is 12.1 Å². The van der Waals surface area contributed by atoms with Crippen LogP contribution in [0, 0.1) is 23.0 Å². The normalized spacial score (nSPS) is 11.2. The number of aromatic nitrogens is 1. The highest BCUT2D eigenvalue weighted by atomic mass is 32.2. The number of aromatic amines is 1. The molecule has 0 aliphatic heterocycles. The third-order valence-electron chi connectivity index (χ3n) is 4.78. The van der Waals surface area contributed by atoms with Gasteiger partial charge in [0.1, 0.15) is 11.5 Å². The first-order valence-electron chi connectivity index (χ1n) is 9.54. The molecule has 0 fully saturated rings. The fourth-order valence-corrected chi connectivity index (χ4v) is 3.89. The summed E-state index contributed by atoms with van der Waals surface area (Å²) < 4.78 is 53.6. The first kappa shape index (κ1) is 22.0. The van der Waals surface area contributed by atoms with Gasteiger partial charge in [0, 0.05) is 16.5 Å². The van der Waals surface area contributed by atoms with E-state index in [0.29, 0.717) is 22.2 Å². The van der Waals surface area contributed by atoms with Crippen LogP contribution in [0.4, 0.5) is 20.2 Å². The molecule has 3 N–H and O–H groups in total. The van der Waals surface area contributed by atoms with Crippen molar-refractivity contribution in [1.82, 2.24) is 4.98 Å². The monoisotopic (exact) mass is 466 g/mol. The molecule has 1 amide bonds. The SMILES string of the molecule is CS(=O)(=O)Nc1ccc2cc(C(=O)Nc3cc(C#N)cc(-c4ccc(F)cc4)c3F)[nH]c2c1. The lowest BCUT2D eigenvalue weighted by atomic mass is 10.0. The number of nitrogens with zero attached hydrogens (tertiary/aromatic N) is 1. The van der Waals surface area contributed by atoms with E-state index in [1.807, 2.05) is 6.07 Å². The Morgan fingerprint density at radius 1 is 1.03 bits per heavy atom. The number of fused-ring (bicyclic) bond motifs is 1. The molecule has 0 spiro atoms. The van der Waals surface area contributed by atoms with Gasteiger partial charge in [0.2, 0.25) is 10.0 Å². The molecule has 4 rings (SSSR count). The van der Waals surface area contributed by atoms with Crippen molar-refractivity contribution in [2.45, 2.75) is 0 Å². The van der Waals surface area contributed by atoms with Gasteiger partial charge in [-0.2, -0.15) is 5.26 Å². The summed E-state index contributed by atoms with van der Waals surface area (Å²) in [6, 6.07) is 15.8. The lowest BCUT2D eigenvalue weighted by Gasteiger charge is -2.11. The average Bonchev–Trinajstić information content (AvgIpc) is 3.18. The van der Waals surface area contributed by atoms with Crippen molar-refractivity contribution in [3.63, 3.8) is 0 Å². The van der Waals surface area contributed by atoms with Gasteiger partial charge in [0.05, 0.1) is 29.3 Å². The zero-order chi connectivity index (χ0) is 23.8. The molecule has 4 aromatic rings. The number of nitriles is 1. The van der Waals surface area contributed by atoms with E-state index < -0.39 is 27.6 Å². The van der Waals surface area contributed by atoms with Gasteiger partial charge >= 0.3 is 0 Å². The summed E-state index contributed by atoms with van der Waals surface area (Å²) in [6.45, 7) is 0. The summed E-state index contributed by atoms with van der Waals surface area (Å²) in [4.78, 5) is 15.7. The van der Waals surface area contributed by atoms with Crippen LogP contribution < -0.4 is 10.0 Å². The minimum atomic E-state index is -3.47. The maximum atomic E-state index is 15.2. The van der Waals surface area contributed by atoms with Gasteiger partial charge in [0.25, 0.3) is 5.91 Å². The molecule has 7 nitrogen and oxygen atoms in total. The van der Waals surface area contributed by atoms with Crippen molar-refractivity contribution >= 4 is 38.2 Å². The first-order chi connectivity index (χ1) is 15.6. The minimum Gasteiger partial charge on any atom is -0.350 e. The van der Waals surface area contributed by atoms with Gasteiger partial charge in [0.15, 0.2) is 5.82 Å². The maximum absolute atomic E-state index is 15.2. The number of carbonyl (C=O) groups is 1. The molecule has 10 heteroatoms. The number of sulfonamides is 1. The summed E-state index contributed by atoms with van der Waals surface area (Å²) >= 11 is 0. The molecule has 33 heavy (non-hydrogen) atoms. The highest BCUT2D eigenvalue weighted by molar-refractivity contribution is 7.92. The molecular weight excluding hydrogens is 450 g/mol. The molecule has 0 saturated heterocycles. The Morgan fingerprint density at radius 3 is 2.42 bits per heavy atom. The van der Waals surface area contributed by atoms with Gasteiger partial charge < -0.3 is 10.3 Å². The highest BCUT2D eigenvalue weighted by Crippen LogP contribution is 2.30. The molecule has 0 radical (unpaired) electrons. The number of nitrogens with one attached hydrogen (secondary N) is 3. The number of halogens is 2. The summed E-state index contributed by atoms with van der Waals surface area (Å²) in [5, 5.41) is 12.4. The largest absolute Gasteiger partial charge is 0.350 e. The average molecular weight is 466 g/mol. The Bertz CT molecular complexity index is 1540. The van der Waals surface area contributed by atoms with Gasteiger partial charge in [-0.15, -0.1) is 0 Å². The number of hydrogen-bond acceptors (Lipinski definition) is 4. The number of hydrogen-bond donors (Lipinski definition) is 3. The maximum Gasteiger partial charge on any atom is 0.272 e. The Balaban J connectivity index is 1.67. The van der Waals surface area contributed by atoms with Crippen LogP contribution in [0.3, 0.4) is 0 Å². The number of benzene rings is 3. The van der Waals surface area contributed by atoms with E-state index in [2.05, 4.69) is 15.0 Å². The zero-order valence-corrected chi connectivity index (χ0v) is 17.9. The van der Waals surface area contributed by atoms with Crippen molar-refractivity contribution in [2.24, 2.45) is 0 Å². The number of anilines is 2. The Morgan fingerprint density at radius 2 is 1.76 bits per heavy atom. The zero-order valence-electron chi connectivity index (χ0n) is 17.1. The van der Waals surface area contributed by atoms with Crippen molar-refractivity contribution in [3.05, 3.63) is 83.6 Å². The summed E-state index contributed by atoms with van der Waals surface area (Å²) in [6.07, 6.45) is 1.02. The van der Waals surface area contributed by atoms with E-state index in [9.17, 15) is 22.9 Å². The van der Waals surface area contributed by atoms with Crippen LogP contribution in [0.25, 0.3) is 22.0 Å². The van der Waals surface area contributed by atoms with Crippen LogP contribution in [0.15, 0.2) is 60.7 Å². The predicted octanol–water partition coefficient (Wildman–Crippen LogP) is 4.61. The van der Waals surface area contributed by atoms with Crippen molar-refractivity contribution in [1.29, 1.82) is 5.26 Å². The molecule has 1 aromatic heterocycles. The first-order valence-corrected chi connectivity index (χ1v) is 11.4. The third kappa shape index (κ3) is 4.83. The summed E-state index contributed by atoms with van der Waals surface area (Å²) in [5.74, 6) is -1.93. The van der Waals surface area contributed by atoms with Gasteiger partial charge in [-0.05, 0) is 48.0 Å². The summed E-state index contributed by atoms with van der Waals surface area (Å²) in [5.41, 5.74) is 1.19. The minimum absolute atomic E-state index is 0.0393. The van der Waals surface area contributed by atoms with Crippen molar-refractivity contribution in [2.75, 3.05) is 16.3 Å². The molecule has 166 valence electrons. The van der Waals surface area contributed by atoms with Crippen LogP contribution in [-0.2, 0) is 10.0 Å². The van der Waals surface area contributed by atoms with E-state index in [1.165, 1.54) is 48.5 Å². The summed E-state index contributed by atoms with van der Waals surface area (Å²) in [7, 11) is -3.47. The third-order valence-corrected chi connectivity index (χ3v) is 5.38. The van der Waals surface area contributed by atoms with Gasteiger partial charge in [-0.3, -0.25) is 9.52 Å². The molecule has 0 saturated carbocycles. The second kappa shape index (κ2) is 8.37. The van der Waals surface area contributed by atoms with E-state index >= 15 is 4.39 Å². The van der Waals surface area contributed by atoms with E-state index in [-0.39, 0.29) is 22.5 Å². The quantitative estimate of drug-likeness (QED) is 0.398. The number of amides is 1. The predicted molar refractivity (Wildman–Crippen MR) is 121 cm³/mol. The second-order valence-electron chi connectivity index (χ2n) is 7.32. The van der Waals surface area contributed by atoms with Crippen LogP contribution in [0.2, 0.25) is 0 Å². The van der Waals surface area contributed by atoms with Crippen LogP contribution in [0.5, 0.6) is 0 Å². The van der Waals surface area contributed by atoms with Crippen LogP contribution in [0.1, 0.15) is 16.1 Å². The van der Waals surface area contributed by atoms with E-state index in [4.69, 9.17) is 0 Å². The smallest absolute Gasteiger partial charge is 0.272 e. The lowest BCUT2D eigenvalue weighted by molar-refractivity contribution is 0.102. The van der Waals surface area contributed by atoms with Gasteiger partial charge in [-0.25, -0.2) is 17.2 Å². The Kier molecular flexibility index (Phi) is 5.57. The second-order valence-corrected chi connectivity index (χ2v) is 9.07. The molecule has 1 heterocycles. The highest BCUT2D eigenvalue weighted by Gasteiger charge is 2.17. The van der Waals surface area contributed by atoms with Gasteiger partial charge in [-0.1, -0.05) is 18.2 Å². The molecule has 0 aliphatic carbocycles. The number of H-pyrrole nitrogens is 1. The van der Waals surface area contributed by atoms with Crippen molar-refractivity contribution in [3.8, 4) is 17.2 Å². The van der Waals surface area contributed by atoms with Crippen LogP contribution in [-0.4, -0.2) is 25.6 Å². The van der Waals surface area contributed by atoms with Crippen molar-refractivity contribution < 1.29 is 22.0 Å². The molecule has 0 bridgehead atoms. The fraction of sp³-hybridized carbons (Fsp3) is 0.0435. The number of carbonyl (C=O) groups excluding carboxylic acids is 1. The fourth-order valence-electron chi connectivity index (χ4n) is 3.34. The molecular formula is C23H16F2N4O3S. The van der Waals surface area contributed by atoms with E-state index in [0.717, 1.165) is 6.26 Å². The Labute approximate surface area is 187 Å². The topological polar surface area (TPSA) is 115 Å². The molecule has 3 aromatic carbocycles. The Hall–Kier alpha value is -4.23. The lowest BCUT2D eigenvalue weighted by Crippen LogP contribution is -2.14. The number of rotatable bonds is 5. The van der Waals surface area contributed by atoms with Crippen LogP contribution >= 0.6 is 0 Å². The molecule has 0 aliphatic rings.